The average molecular weight is 422 g/mol. The molecule has 1 amide bonds. The number of aryl methyl sites for hydroxylation is 1. The monoisotopic (exact) mass is 422 g/mol. The molecule has 0 spiro atoms. The van der Waals surface area contributed by atoms with E-state index in [4.69, 9.17) is 9.47 Å². The van der Waals surface area contributed by atoms with E-state index >= 15 is 0 Å². The van der Waals surface area contributed by atoms with Crippen LogP contribution in [0.4, 0.5) is 10.1 Å². The van der Waals surface area contributed by atoms with E-state index in [1.54, 1.807) is 22.9 Å². The second-order valence-corrected chi connectivity index (χ2v) is 7.67. The summed E-state index contributed by atoms with van der Waals surface area (Å²) in [4.78, 5) is 17.3. The van der Waals surface area contributed by atoms with Gasteiger partial charge < -0.3 is 19.3 Å². The molecule has 0 saturated carbocycles. The molecule has 31 heavy (non-hydrogen) atoms. The highest BCUT2D eigenvalue weighted by atomic mass is 19.1. The number of aromatic nitrogens is 2. The quantitative estimate of drug-likeness (QED) is 0.649. The summed E-state index contributed by atoms with van der Waals surface area (Å²) in [7, 11) is 0. The number of hydrogen-bond acceptors (Lipinski definition) is 5. The van der Waals surface area contributed by atoms with E-state index in [0.29, 0.717) is 37.7 Å². The molecule has 1 aromatic heterocycles. The van der Waals surface area contributed by atoms with Gasteiger partial charge in [-0.3, -0.25) is 4.79 Å². The first-order valence-electron chi connectivity index (χ1n) is 10.3. The summed E-state index contributed by atoms with van der Waals surface area (Å²) >= 11 is 0. The van der Waals surface area contributed by atoms with Crippen LogP contribution in [0.15, 0.2) is 48.5 Å². The molecule has 0 bridgehead atoms. The molecule has 160 valence electrons. The lowest BCUT2D eigenvalue weighted by molar-refractivity contribution is 0.0737. The van der Waals surface area contributed by atoms with Gasteiger partial charge in [0.25, 0.3) is 5.91 Å². The lowest BCUT2D eigenvalue weighted by atomic mass is 10.2. The van der Waals surface area contributed by atoms with Gasteiger partial charge in [-0.05, 0) is 49.4 Å². The number of ether oxygens (including phenoxy) is 2. The Bertz CT molecular complexity index is 1100. The van der Waals surface area contributed by atoms with Crippen LogP contribution < -0.4 is 14.4 Å². The third kappa shape index (κ3) is 3.81. The third-order valence-electron chi connectivity index (χ3n) is 5.58. The van der Waals surface area contributed by atoms with E-state index in [0.717, 1.165) is 36.0 Å². The van der Waals surface area contributed by atoms with Crippen LogP contribution >= 0.6 is 0 Å². The van der Waals surface area contributed by atoms with Crippen LogP contribution in [0.1, 0.15) is 16.2 Å². The topological polar surface area (TPSA) is 59.8 Å². The Labute approximate surface area is 179 Å². The highest BCUT2D eigenvalue weighted by Gasteiger charge is 2.26. The van der Waals surface area contributed by atoms with Gasteiger partial charge in [0.1, 0.15) is 24.7 Å². The predicted octanol–water partition coefficient (Wildman–Crippen LogP) is 3.05. The summed E-state index contributed by atoms with van der Waals surface area (Å²) in [6.07, 6.45) is 0. The maximum absolute atomic E-state index is 13.3. The fraction of sp³-hybridized carbons (Fsp3) is 0.304. The number of halogens is 1. The highest BCUT2D eigenvalue weighted by Crippen LogP contribution is 2.34. The van der Waals surface area contributed by atoms with Crippen LogP contribution in [0.5, 0.6) is 11.5 Å². The lowest BCUT2D eigenvalue weighted by Gasteiger charge is -2.36. The summed E-state index contributed by atoms with van der Waals surface area (Å²) < 4.78 is 26.2. The Morgan fingerprint density at radius 3 is 2.32 bits per heavy atom. The fourth-order valence-electron chi connectivity index (χ4n) is 3.99. The van der Waals surface area contributed by atoms with Crippen molar-refractivity contribution in [1.82, 2.24) is 14.7 Å². The molecule has 0 atom stereocenters. The van der Waals surface area contributed by atoms with Crippen molar-refractivity contribution in [2.75, 3.05) is 44.3 Å². The van der Waals surface area contributed by atoms with Crippen LogP contribution in [-0.4, -0.2) is 60.0 Å². The van der Waals surface area contributed by atoms with Crippen molar-refractivity contribution >= 4 is 11.6 Å². The molecule has 2 aliphatic rings. The average Bonchev–Trinajstić information content (AvgIpc) is 3.20. The van der Waals surface area contributed by atoms with Gasteiger partial charge in [0.2, 0.25) is 0 Å². The second kappa shape index (κ2) is 7.94. The van der Waals surface area contributed by atoms with Crippen molar-refractivity contribution in [3.8, 4) is 17.2 Å². The van der Waals surface area contributed by atoms with Gasteiger partial charge in [0, 0.05) is 37.9 Å². The van der Waals surface area contributed by atoms with Gasteiger partial charge >= 0.3 is 0 Å². The van der Waals surface area contributed by atoms with Crippen LogP contribution in [0.25, 0.3) is 5.69 Å². The summed E-state index contributed by atoms with van der Waals surface area (Å²) in [5.41, 5.74) is 2.94. The van der Waals surface area contributed by atoms with E-state index in [2.05, 4.69) is 10.00 Å². The van der Waals surface area contributed by atoms with Crippen LogP contribution in [0, 0.1) is 12.7 Å². The Morgan fingerprint density at radius 1 is 0.903 bits per heavy atom. The van der Waals surface area contributed by atoms with E-state index in [1.807, 2.05) is 30.0 Å². The number of benzene rings is 2. The van der Waals surface area contributed by atoms with Crippen molar-refractivity contribution < 1.29 is 18.7 Å². The molecular formula is C23H23FN4O3. The molecule has 3 aromatic rings. The molecule has 0 N–H and O–H groups in total. The number of hydrogen-bond donors (Lipinski definition) is 0. The Morgan fingerprint density at radius 2 is 1.58 bits per heavy atom. The number of carbonyl (C=O) groups is 1. The zero-order chi connectivity index (χ0) is 21.4. The zero-order valence-electron chi connectivity index (χ0n) is 17.3. The minimum absolute atomic E-state index is 0.0771. The second-order valence-electron chi connectivity index (χ2n) is 7.67. The maximum atomic E-state index is 13.3. The molecule has 8 heteroatoms. The summed E-state index contributed by atoms with van der Waals surface area (Å²) in [5, 5.41) is 4.44. The molecule has 2 aliphatic heterocycles. The van der Waals surface area contributed by atoms with Gasteiger partial charge in [-0.1, -0.05) is 0 Å². The minimum Gasteiger partial charge on any atom is -0.486 e. The van der Waals surface area contributed by atoms with Crippen molar-refractivity contribution in [2.45, 2.75) is 6.92 Å². The van der Waals surface area contributed by atoms with Crippen LogP contribution in [0.2, 0.25) is 0 Å². The van der Waals surface area contributed by atoms with E-state index in [9.17, 15) is 9.18 Å². The van der Waals surface area contributed by atoms with E-state index in [1.165, 1.54) is 12.1 Å². The Balaban J connectivity index is 1.30. The van der Waals surface area contributed by atoms with Gasteiger partial charge in [-0.2, -0.15) is 5.10 Å². The van der Waals surface area contributed by atoms with Crippen molar-refractivity contribution in [2.24, 2.45) is 0 Å². The standard InChI is InChI=1S/C23H23FN4O3/c1-16-14-20(28(25-16)18-4-2-17(24)3-5-18)23(29)27-10-8-26(9-11-27)19-6-7-21-22(15-19)31-13-12-30-21/h2-7,14-15H,8-13H2,1H3. The van der Waals surface area contributed by atoms with Crippen molar-refractivity contribution in [1.29, 1.82) is 0 Å². The lowest BCUT2D eigenvalue weighted by Crippen LogP contribution is -2.49. The number of anilines is 1. The first kappa shape index (κ1) is 19.4. The number of fused-ring (bicyclic) bond motifs is 1. The Kier molecular flexibility index (Phi) is 4.97. The molecule has 2 aromatic carbocycles. The van der Waals surface area contributed by atoms with Crippen LogP contribution in [0.3, 0.4) is 0 Å². The summed E-state index contributed by atoms with van der Waals surface area (Å²) in [6.45, 7) is 5.60. The maximum Gasteiger partial charge on any atom is 0.272 e. The minimum atomic E-state index is -0.323. The molecule has 1 fully saturated rings. The number of piperazine rings is 1. The molecule has 3 heterocycles. The molecular weight excluding hydrogens is 399 g/mol. The Hall–Kier alpha value is -3.55. The largest absolute Gasteiger partial charge is 0.486 e. The van der Waals surface area contributed by atoms with Gasteiger partial charge in [-0.25, -0.2) is 9.07 Å². The van der Waals surface area contributed by atoms with E-state index < -0.39 is 0 Å². The number of rotatable bonds is 3. The highest BCUT2D eigenvalue weighted by molar-refractivity contribution is 5.93. The normalized spacial score (nSPS) is 15.8. The fourth-order valence-corrected chi connectivity index (χ4v) is 3.99. The molecule has 5 rings (SSSR count). The number of amides is 1. The molecule has 0 aliphatic carbocycles. The number of carbonyl (C=O) groups excluding carboxylic acids is 1. The molecule has 7 nitrogen and oxygen atoms in total. The zero-order valence-corrected chi connectivity index (χ0v) is 17.3. The van der Waals surface area contributed by atoms with Gasteiger partial charge in [0.05, 0.1) is 11.4 Å². The molecule has 1 saturated heterocycles. The first-order valence-corrected chi connectivity index (χ1v) is 10.3. The number of nitrogens with zero attached hydrogens (tertiary/aromatic N) is 4. The molecule has 0 unspecified atom stereocenters. The smallest absolute Gasteiger partial charge is 0.272 e. The SMILES string of the molecule is Cc1cc(C(=O)N2CCN(c3ccc4c(c3)OCCO4)CC2)n(-c2ccc(F)cc2)n1. The summed E-state index contributed by atoms with van der Waals surface area (Å²) in [6, 6.07) is 13.7. The van der Waals surface area contributed by atoms with Crippen LogP contribution in [-0.2, 0) is 0 Å². The summed E-state index contributed by atoms with van der Waals surface area (Å²) in [5.74, 6) is 1.14. The van der Waals surface area contributed by atoms with Crippen molar-refractivity contribution in [3.05, 3.63) is 65.7 Å². The molecule has 0 radical (unpaired) electrons. The van der Waals surface area contributed by atoms with Gasteiger partial charge in [0.15, 0.2) is 11.5 Å². The van der Waals surface area contributed by atoms with E-state index in [-0.39, 0.29) is 11.7 Å². The third-order valence-corrected chi connectivity index (χ3v) is 5.58. The first-order chi connectivity index (χ1) is 15.1. The van der Waals surface area contributed by atoms with Gasteiger partial charge in [-0.15, -0.1) is 0 Å². The van der Waals surface area contributed by atoms with Crippen molar-refractivity contribution in [3.63, 3.8) is 0 Å². The predicted molar refractivity (Wildman–Crippen MR) is 114 cm³/mol.